The molecule has 1 amide bonds. The number of aryl methyl sites for hydroxylation is 1. The van der Waals surface area contributed by atoms with Gasteiger partial charge in [0.2, 0.25) is 0 Å². The Labute approximate surface area is 167 Å². The van der Waals surface area contributed by atoms with E-state index in [4.69, 9.17) is 16.3 Å². The maximum atomic E-state index is 14.1. The van der Waals surface area contributed by atoms with E-state index in [1.165, 1.54) is 12.4 Å². The number of ether oxygens (including phenoxy) is 1. The first-order valence-electron chi connectivity index (χ1n) is 9.15. The summed E-state index contributed by atoms with van der Waals surface area (Å²) in [5.41, 5.74) is 0.804. The molecule has 1 aliphatic heterocycles. The molecule has 0 unspecified atom stereocenters. The van der Waals surface area contributed by atoms with Crippen LogP contribution >= 0.6 is 11.6 Å². The number of carbonyl (C=O) groups is 1. The van der Waals surface area contributed by atoms with Crippen LogP contribution in [0.5, 0.6) is 0 Å². The van der Waals surface area contributed by atoms with Gasteiger partial charge in [-0.3, -0.25) is 4.90 Å². The Morgan fingerprint density at radius 2 is 1.96 bits per heavy atom. The van der Waals surface area contributed by atoms with Gasteiger partial charge in [-0.15, -0.1) is 0 Å². The van der Waals surface area contributed by atoms with Gasteiger partial charge < -0.3 is 4.74 Å². The molecule has 0 saturated carbocycles. The number of alkyl halides is 2. The number of likely N-dealkylation sites (tertiary alicyclic amines) is 1. The van der Waals surface area contributed by atoms with Crippen molar-refractivity contribution in [1.82, 2.24) is 14.9 Å². The molecular weight excluding hydrogens is 388 g/mol. The molecule has 1 aromatic carbocycles. The van der Waals surface area contributed by atoms with Gasteiger partial charge in [0.15, 0.2) is 0 Å². The molecule has 1 saturated heterocycles. The second-order valence-electron chi connectivity index (χ2n) is 7.13. The summed E-state index contributed by atoms with van der Waals surface area (Å²) in [5.74, 6) is -2.75. The third-order valence-electron chi connectivity index (χ3n) is 4.86. The summed E-state index contributed by atoms with van der Waals surface area (Å²) < 4.78 is 33.6. The Kier molecular flexibility index (Phi) is 6.44. The monoisotopic (exact) mass is 409 g/mol. The lowest BCUT2D eigenvalue weighted by molar-refractivity contribution is -0.0990. The number of piperidine rings is 1. The van der Waals surface area contributed by atoms with E-state index in [9.17, 15) is 13.6 Å². The summed E-state index contributed by atoms with van der Waals surface area (Å²) in [6, 6.07) is 8.77. The molecule has 0 N–H and O–H groups in total. The van der Waals surface area contributed by atoms with Crippen LogP contribution in [0.4, 0.5) is 13.6 Å². The summed E-state index contributed by atoms with van der Waals surface area (Å²) in [5, 5.41) is 0.431. The van der Waals surface area contributed by atoms with Crippen molar-refractivity contribution in [2.45, 2.75) is 44.8 Å². The van der Waals surface area contributed by atoms with Gasteiger partial charge in [0, 0.05) is 31.3 Å². The number of hydrogen-bond donors (Lipinski definition) is 0. The highest BCUT2D eigenvalue weighted by Gasteiger charge is 2.46. The predicted octanol–water partition coefficient (Wildman–Crippen LogP) is 4.75. The van der Waals surface area contributed by atoms with Gasteiger partial charge in [-0.1, -0.05) is 48.9 Å². The first-order chi connectivity index (χ1) is 13.3. The topological polar surface area (TPSA) is 55.3 Å². The van der Waals surface area contributed by atoms with Crippen LogP contribution in [0, 0.1) is 5.92 Å². The molecule has 0 radical (unpaired) electrons. The van der Waals surface area contributed by atoms with Crippen LogP contribution in [0.25, 0.3) is 0 Å². The molecule has 0 spiro atoms. The normalized spacial score (nSPS) is 21.4. The summed E-state index contributed by atoms with van der Waals surface area (Å²) in [6.07, 6.45) is 2.93. The molecule has 0 bridgehead atoms. The minimum absolute atomic E-state index is 0.0448. The predicted molar refractivity (Wildman–Crippen MR) is 101 cm³/mol. The Morgan fingerprint density at radius 3 is 2.64 bits per heavy atom. The number of halogens is 3. The molecule has 1 aliphatic rings. The maximum absolute atomic E-state index is 14.1. The zero-order valence-corrected chi connectivity index (χ0v) is 16.3. The molecule has 0 aliphatic carbocycles. The zero-order valence-electron chi connectivity index (χ0n) is 15.5. The molecule has 2 atom stereocenters. The highest BCUT2D eigenvalue weighted by atomic mass is 35.5. The van der Waals surface area contributed by atoms with Gasteiger partial charge in [-0.25, -0.2) is 23.5 Å². The molecule has 1 aromatic heterocycles. The minimum atomic E-state index is -2.93. The van der Waals surface area contributed by atoms with Crippen LogP contribution < -0.4 is 0 Å². The van der Waals surface area contributed by atoms with E-state index >= 15 is 0 Å². The second-order valence-corrected chi connectivity index (χ2v) is 7.57. The summed E-state index contributed by atoms with van der Waals surface area (Å²) in [7, 11) is 0. The molecule has 5 nitrogen and oxygen atoms in total. The van der Waals surface area contributed by atoms with Gasteiger partial charge in [-0.2, -0.15) is 0 Å². The van der Waals surface area contributed by atoms with Gasteiger partial charge in [-0.05, 0) is 17.9 Å². The van der Waals surface area contributed by atoms with E-state index in [2.05, 4.69) is 9.97 Å². The van der Waals surface area contributed by atoms with Crippen molar-refractivity contribution in [3.8, 4) is 0 Å². The lowest BCUT2D eigenvalue weighted by atomic mass is 9.86. The van der Waals surface area contributed by atoms with Gasteiger partial charge >= 0.3 is 6.09 Å². The molecule has 2 aromatic rings. The number of rotatable bonds is 5. The van der Waals surface area contributed by atoms with E-state index in [-0.39, 0.29) is 25.0 Å². The molecular formula is C20H22ClF2N3O2. The van der Waals surface area contributed by atoms with Gasteiger partial charge in [0.25, 0.3) is 5.92 Å². The third-order valence-corrected chi connectivity index (χ3v) is 5.05. The number of aromatic nitrogens is 2. The highest BCUT2D eigenvalue weighted by Crippen LogP contribution is 2.36. The number of hydrogen-bond acceptors (Lipinski definition) is 4. The van der Waals surface area contributed by atoms with Crippen molar-refractivity contribution in [3.05, 3.63) is 59.1 Å². The van der Waals surface area contributed by atoms with Crippen molar-refractivity contribution >= 4 is 17.7 Å². The lowest BCUT2D eigenvalue weighted by Gasteiger charge is -2.42. The Hall–Kier alpha value is -2.28. The van der Waals surface area contributed by atoms with Gasteiger partial charge in [0.1, 0.15) is 12.4 Å². The average Bonchev–Trinajstić information content (AvgIpc) is 2.66. The van der Waals surface area contributed by atoms with Crippen LogP contribution in [0.15, 0.2) is 42.7 Å². The van der Waals surface area contributed by atoms with Gasteiger partial charge in [0.05, 0.1) is 11.6 Å². The number of carbonyl (C=O) groups excluding carboxylic acids is 1. The Morgan fingerprint density at radius 1 is 1.29 bits per heavy atom. The van der Waals surface area contributed by atoms with Crippen molar-refractivity contribution in [2.24, 2.45) is 5.92 Å². The second kappa shape index (κ2) is 8.82. The highest BCUT2D eigenvalue weighted by molar-refractivity contribution is 6.30. The van der Waals surface area contributed by atoms with Crippen LogP contribution in [-0.4, -0.2) is 39.5 Å². The summed E-state index contributed by atoms with van der Waals surface area (Å²) >= 11 is 5.79. The van der Waals surface area contributed by atoms with E-state index in [1.807, 2.05) is 30.3 Å². The SMILES string of the molecule is C[C@@H]1CC(F)(F)CN(C(=O)OCc2ccccc2)[C@@H]1CCc1ncc(Cl)cn1. The van der Waals surface area contributed by atoms with Crippen molar-refractivity contribution in [3.63, 3.8) is 0 Å². The summed E-state index contributed by atoms with van der Waals surface area (Å²) in [4.78, 5) is 22.0. The first-order valence-corrected chi connectivity index (χ1v) is 9.53. The fourth-order valence-electron chi connectivity index (χ4n) is 3.53. The van der Waals surface area contributed by atoms with Crippen molar-refractivity contribution < 1.29 is 18.3 Å². The fraction of sp³-hybridized carbons (Fsp3) is 0.450. The molecule has 28 heavy (non-hydrogen) atoms. The van der Waals surface area contributed by atoms with Crippen LogP contribution in [0.2, 0.25) is 5.02 Å². The standard InChI is InChI=1S/C20H22ClF2N3O2/c1-14-9-20(22,23)13-26(19(27)28-12-15-5-3-2-4-6-15)17(14)7-8-18-24-10-16(21)11-25-18/h2-6,10-11,14,17H,7-9,12-13H2,1H3/t14-,17-/m1/s1. The minimum Gasteiger partial charge on any atom is -0.445 e. The van der Waals surface area contributed by atoms with E-state index in [0.717, 1.165) is 10.5 Å². The van der Waals surface area contributed by atoms with Crippen LogP contribution in [-0.2, 0) is 17.8 Å². The molecule has 3 rings (SSSR count). The number of benzene rings is 1. The molecule has 150 valence electrons. The molecule has 8 heteroatoms. The third kappa shape index (κ3) is 5.38. The Bertz CT molecular complexity index is 790. The van der Waals surface area contributed by atoms with E-state index in [1.54, 1.807) is 6.92 Å². The largest absolute Gasteiger partial charge is 0.445 e. The van der Waals surface area contributed by atoms with Crippen LogP contribution in [0.1, 0.15) is 31.2 Å². The zero-order chi connectivity index (χ0) is 20.1. The van der Waals surface area contributed by atoms with Crippen LogP contribution in [0.3, 0.4) is 0 Å². The van der Waals surface area contributed by atoms with E-state index < -0.39 is 18.6 Å². The molecule has 1 fully saturated rings. The number of nitrogens with zero attached hydrogens (tertiary/aromatic N) is 3. The summed E-state index contributed by atoms with van der Waals surface area (Å²) in [6.45, 7) is 1.14. The average molecular weight is 410 g/mol. The Balaban J connectivity index is 1.67. The lowest BCUT2D eigenvalue weighted by Crippen LogP contribution is -2.55. The van der Waals surface area contributed by atoms with Crippen molar-refractivity contribution in [1.29, 1.82) is 0 Å². The number of amides is 1. The maximum Gasteiger partial charge on any atom is 0.410 e. The smallest absolute Gasteiger partial charge is 0.410 e. The quantitative estimate of drug-likeness (QED) is 0.715. The molecule has 2 heterocycles. The van der Waals surface area contributed by atoms with E-state index in [0.29, 0.717) is 23.7 Å². The fourth-order valence-corrected chi connectivity index (χ4v) is 3.63. The first kappa shape index (κ1) is 20.5. The van der Waals surface area contributed by atoms with Crippen molar-refractivity contribution in [2.75, 3.05) is 6.54 Å².